The highest BCUT2D eigenvalue weighted by molar-refractivity contribution is 6.30. The highest BCUT2D eigenvalue weighted by Gasteiger charge is 2.27. The van der Waals surface area contributed by atoms with Gasteiger partial charge in [-0.05, 0) is 37.1 Å². The molecule has 2 unspecified atom stereocenters. The fourth-order valence-corrected chi connectivity index (χ4v) is 2.64. The van der Waals surface area contributed by atoms with Gasteiger partial charge >= 0.3 is 0 Å². The molecule has 1 amide bonds. The Labute approximate surface area is 140 Å². The van der Waals surface area contributed by atoms with Gasteiger partial charge in [-0.3, -0.25) is 4.79 Å². The lowest BCUT2D eigenvalue weighted by molar-refractivity contribution is -0.126. The molecule has 1 heterocycles. The topological polar surface area (TPSA) is 65.2 Å². The van der Waals surface area contributed by atoms with Crippen molar-refractivity contribution < 1.29 is 4.79 Å². The molecular weight excluding hydrogens is 312 g/mol. The van der Waals surface area contributed by atoms with E-state index in [2.05, 4.69) is 21.5 Å². The Morgan fingerprint density at radius 3 is 2.61 bits per heavy atom. The normalized spacial score (nSPS) is 20.9. The zero-order valence-corrected chi connectivity index (χ0v) is 13.5. The summed E-state index contributed by atoms with van der Waals surface area (Å²) in [7, 11) is 0. The van der Waals surface area contributed by atoms with Crippen LogP contribution in [0, 0.1) is 6.92 Å². The third-order valence-corrected chi connectivity index (χ3v) is 3.94. The molecule has 1 saturated heterocycles. The minimum atomic E-state index is -0.393. The average molecular weight is 331 g/mol. The number of amides is 1. The predicted molar refractivity (Wildman–Crippen MR) is 91.9 cm³/mol. The van der Waals surface area contributed by atoms with Gasteiger partial charge in [-0.1, -0.05) is 47.5 Å². The second-order valence-corrected chi connectivity index (χ2v) is 6.06. The van der Waals surface area contributed by atoms with Gasteiger partial charge in [0.05, 0.1) is 0 Å². The van der Waals surface area contributed by atoms with Gasteiger partial charge in [0.1, 0.15) is 6.04 Å². The second-order valence-electron chi connectivity index (χ2n) is 5.63. The van der Waals surface area contributed by atoms with Gasteiger partial charge in [0.15, 0.2) is 6.29 Å². The molecule has 0 aromatic heterocycles. The largest absolute Gasteiger partial charge is 0.352 e. The number of anilines is 1. The number of carbonyl (C=O) groups excluding carboxylic acids is 1. The van der Waals surface area contributed by atoms with Crippen molar-refractivity contribution in [1.29, 1.82) is 0 Å². The molecule has 0 bridgehead atoms. The predicted octanol–water partition coefficient (Wildman–Crippen LogP) is 2.18. The molecule has 0 spiro atoms. The molecule has 120 valence electrons. The first kappa shape index (κ1) is 15.8. The van der Waals surface area contributed by atoms with E-state index >= 15 is 0 Å². The van der Waals surface area contributed by atoms with Crippen LogP contribution in [0.2, 0.25) is 5.02 Å². The number of benzene rings is 2. The average Bonchev–Trinajstić information content (AvgIpc) is 2.52. The number of nitrogens with one attached hydrogen (secondary N) is 4. The zero-order chi connectivity index (χ0) is 16.2. The Kier molecular flexibility index (Phi) is 4.81. The molecule has 2 aromatic rings. The first-order valence-corrected chi connectivity index (χ1v) is 7.87. The van der Waals surface area contributed by atoms with Crippen LogP contribution < -0.4 is 21.5 Å². The first-order chi connectivity index (χ1) is 11.1. The van der Waals surface area contributed by atoms with Crippen molar-refractivity contribution in [2.75, 3.05) is 5.32 Å². The van der Waals surface area contributed by atoms with Crippen molar-refractivity contribution >= 4 is 23.2 Å². The molecule has 1 fully saturated rings. The fraction of sp³-hybridized carbons (Fsp3) is 0.235. The molecule has 6 heteroatoms. The molecule has 2 atom stereocenters. The van der Waals surface area contributed by atoms with Crippen LogP contribution in [0.15, 0.2) is 48.5 Å². The van der Waals surface area contributed by atoms with Crippen molar-refractivity contribution in [3.8, 4) is 0 Å². The number of hydrogen-bond donors (Lipinski definition) is 4. The fourth-order valence-electron chi connectivity index (χ4n) is 2.45. The summed E-state index contributed by atoms with van der Waals surface area (Å²) < 4.78 is 0. The molecule has 1 aliphatic rings. The Morgan fingerprint density at radius 1 is 1.13 bits per heavy atom. The maximum Gasteiger partial charge on any atom is 0.241 e. The molecule has 1 aliphatic heterocycles. The lowest BCUT2D eigenvalue weighted by Gasteiger charge is -2.32. The van der Waals surface area contributed by atoms with E-state index in [1.54, 1.807) is 12.1 Å². The number of hydrazine groups is 1. The van der Waals surface area contributed by atoms with Crippen LogP contribution in [0.25, 0.3) is 0 Å². The van der Waals surface area contributed by atoms with E-state index in [-0.39, 0.29) is 11.9 Å². The van der Waals surface area contributed by atoms with Crippen molar-refractivity contribution in [2.24, 2.45) is 0 Å². The monoisotopic (exact) mass is 330 g/mol. The summed E-state index contributed by atoms with van der Waals surface area (Å²) in [6.45, 7) is 2.04. The number of hydrogen-bond acceptors (Lipinski definition) is 4. The second kappa shape index (κ2) is 7.00. The molecule has 0 saturated carbocycles. The van der Waals surface area contributed by atoms with Gasteiger partial charge in [0, 0.05) is 10.7 Å². The standard InChI is InChI=1S/C17H19ClN4O/c1-11-5-7-12(8-6-11)9-15-16(23)20-17(22-21-15)19-14-4-2-3-13(18)10-14/h2-8,10,15,17,19,21-22H,9H2,1H3,(H,20,23). The van der Waals surface area contributed by atoms with Crippen molar-refractivity contribution in [1.82, 2.24) is 16.2 Å². The Hall–Kier alpha value is -2.08. The van der Waals surface area contributed by atoms with Crippen LogP contribution >= 0.6 is 11.6 Å². The Balaban J connectivity index is 1.57. The minimum Gasteiger partial charge on any atom is -0.352 e. The number of carbonyl (C=O) groups is 1. The molecule has 3 rings (SSSR count). The van der Waals surface area contributed by atoms with E-state index in [0.717, 1.165) is 11.3 Å². The minimum absolute atomic E-state index is 0.0520. The molecule has 0 aliphatic carbocycles. The molecule has 0 radical (unpaired) electrons. The summed E-state index contributed by atoms with van der Waals surface area (Å²) in [5.74, 6) is -0.0520. The molecule has 5 nitrogen and oxygen atoms in total. The molecular formula is C17H19ClN4O. The summed E-state index contributed by atoms with van der Waals surface area (Å²) in [5, 5.41) is 6.69. The third kappa shape index (κ3) is 4.22. The highest BCUT2D eigenvalue weighted by Crippen LogP contribution is 2.15. The van der Waals surface area contributed by atoms with Crippen LogP contribution in [0.3, 0.4) is 0 Å². The Morgan fingerprint density at radius 2 is 1.91 bits per heavy atom. The van der Waals surface area contributed by atoms with Gasteiger partial charge in [0.25, 0.3) is 0 Å². The SMILES string of the molecule is Cc1ccc(CC2NNC(Nc3cccc(Cl)c3)NC2=O)cc1. The number of rotatable bonds is 4. The summed E-state index contributed by atoms with van der Waals surface area (Å²) in [5.41, 5.74) is 9.27. The van der Waals surface area contributed by atoms with Crippen LogP contribution in [0.1, 0.15) is 11.1 Å². The summed E-state index contributed by atoms with van der Waals surface area (Å²) in [6.07, 6.45) is 0.235. The number of halogens is 1. The van der Waals surface area contributed by atoms with Gasteiger partial charge in [-0.15, -0.1) is 0 Å². The van der Waals surface area contributed by atoms with Crippen molar-refractivity contribution in [2.45, 2.75) is 25.7 Å². The van der Waals surface area contributed by atoms with Crippen LogP contribution in [-0.2, 0) is 11.2 Å². The van der Waals surface area contributed by atoms with Crippen LogP contribution in [0.4, 0.5) is 5.69 Å². The van der Waals surface area contributed by atoms with Crippen LogP contribution in [-0.4, -0.2) is 18.2 Å². The highest BCUT2D eigenvalue weighted by atomic mass is 35.5. The first-order valence-electron chi connectivity index (χ1n) is 7.49. The van der Waals surface area contributed by atoms with E-state index in [4.69, 9.17) is 11.6 Å². The van der Waals surface area contributed by atoms with E-state index < -0.39 is 6.29 Å². The van der Waals surface area contributed by atoms with E-state index in [1.807, 2.05) is 43.3 Å². The Bertz CT molecular complexity index is 689. The quantitative estimate of drug-likeness (QED) is 0.694. The van der Waals surface area contributed by atoms with Gasteiger partial charge in [0.2, 0.25) is 5.91 Å². The van der Waals surface area contributed by atoms with Gasteiger partial charge in [-0.25, -0.2) is 10.9 Å². The van der Waals surface area contributed by atoms with Crippen molar-refractivity contribution in [3.63, 3.8) is 0 Å². The van der Waals surface area contributed by atoms with E-state index in [0.29, 0.717) is 11.4 Å². The van der Waals surface area contributed by atoms with Gasteiger partial charge < -0.3 is 10.6 Å². The molecule has 4 N–H and O–H groups in total. The van der Waals surface area contributed by atoms with Crippen LogP contribution in [0.5, 0.6) is 0 Å². The van der Waals surface area contributed by atoms with Gasteiger partial charge in [-0.2, -0.15) is 0 Å². The number of aryl methyl sites for hydroxylation is 1. The van der Waals surface area contributed by atoms with E-state index in [1.165, 1.54) is 5.56 Å². The molecule has 2 aromatic carbocycles. The maximum absolute atomic E-state index is 12.3. The maximum atomic E-state index is 12.3. The zero-order valence-electron chi connectivity index (χ0n) is 12.8. The van der Waals surface area contributed by atoms with E-state index in [9.17, 15) is 4.79 Å². The summed E-state index contributed by atoms with van der Waals surface area (Å²) in [4.78, 5) is 12.3. The lowest BCUT2D eigenvalue weighted by atomic mass is 10.0. The summed E-state index contributed by atoms with van der Waals surface area (Å²) >= 11 is 5.95. The smallest absolute Gasteiger partial charge is 0.241 e. The molecule has 23 heavy (non-hydrogen) atoms. The lowest BCUT2D eigenvalue weighted by Crippen LogP contribution is -2.68. The van der Waals surface area contributed by atoms with Crippen molar-refractivity contribution in [3.05, 3.63) is 64.7 Å². The third-order valence-electron chi connectivity index (χ3n) is 3.70. The summed E-state index contributed by atoms with van der Waals surface area (Å²) in [6, 6.07) is 15.2.